The fourth-order valence-corrected chi connectivity index (χ4v) is 1.22. The van der Waals surface area contributed by atoms with Crippen LogP contribution in [-0.2, 0) is 4.74 Å². The lowest BCUT2D eigenvalue weighted by Crippen LogP contribution is -2.11. The van der Waals surface area contributed by atoms with Gasteiger partial charge in [0, 0.05) is 11.8 Å². The van der Waals surface area contributed by atoms with Crippen molar-refractivity contribution < 1.29 is 17.9 Å². The van der Waals surface area contributed by atoms with Gasteiger partial charge in [-0.3, -0.25) is 0 Å². The van der Waals surface area contributed by atoms with Crippen LogP contribution in [0.5, 0.6) is 0 Å². The monoisotopic (exact) mass is 204 g/mol. The SMILES string of the molecule is CC(C)OC(=S)SC(F)(F)F. The Morgan fingerprint density at radius 3 is 2.18 bits per heavy atom. The second-order valence-electron chi connectivity index (χ2n) is 1.96. The smallest absolute Gasteiger partial charge is 0.450 e. The van der Waals surface area contributed by atoms with Crippen LogP contribution in [0.25, 0.3) is 0 Å². The van der Waals surface area contributed by atoms with Crippen LogP contribution in [-0.4, -0.2) is 16.0 Å². The van der Waals surface area contributed by atoms with Crippen LogP contribution in [0.4, 0.5) is 13.2 Å². The number of rotatable bonds is 1. The Hall–Kier alpha value is 0.0300. The molecule has 0 saturated heterocycles. The van der Waals surface area contributed by atoms with Crippen LogP contribution >= 0.6 is 24.0 Å². The lowest BCUT2D eigenvalue weighted by molar-refractivity contribution is -0.0319. The molecule has 0 fully saturated rings. The van der Waals surface area contributed by atoms with Gasteiger partial charge in [-0.1, -0.05) is 0 Å². The number of hydrogen-bond acceptors (Lipinski definition) is 3. The van der Waals surface area contributed by atoms with Gasteiger partial charge in [-0.05, 0) is 26.1 Å². The van der Waals surface area contributed by atoms with Gasteiger partial charge in [0.2, 0.25) is 4.38 Å². The van der Waals surface area contributed by atoms with E-state index in [2.05, 4.69) is 17.0 Å². The van der Waals surface area contributed by atoms with E-state index < -0.39 is 21.7 Å². The lowest BCUT2D eigenvalue weighted by Gasteiger charge is -2.10. The van der Waals surface area contributed by atoms with Crippen LogP contribution in [0.2, 0.25) is 0 Å². The number of halogens is 3. The molecule has 0 unspecified atom stereocenters. The highest BCUT2D eigenvalue weighted by molar-refractivity contribution is 8.23. The van der Waals surface area contributed by atoms with Crippen molar-refractivity contribution in [2.45, 2.75) is 25.5 Å². The van der Waals surface area contributed by atoms with Crippen molar-refractivity contribution in [3.05, 3.63) is 0 Å². The summed E-state index contributed by atoms with van der Waals surface area (Å²) in [7, 11) is 0. The van der Waals surface area contributed by atoms with E-state index in [1.54, 1.807) is 13.8 Å². The van der Waals surface area contributed by atoms with Gasteiger partial charge in [0.25, 0.3) is 0 Å². The lowest BCUT2D eigenvalue weighted by atomic mass is 10.5. The van der Waals surface area contributed by atoms with Crippen molar-refractivity contribution in [1.29, 1.82) is 0 Å². The molecule has 1 nitrogen and oxygen atoms in total. The first-order valence-corrected chi connectivity index (χ1v) is 4.00. The van der Waals surface area contributed by atoms with E-state index in [0.29, 0.717) is 0 Å². The summed E-state index contributed by atoms with van der Waals surface area (Å²) in [5, 5.41) is 0. The minimum atomic E-state index is -4.34. The maximum absolute atomic E-state index is 11.6. The van der Waals surface area contributed by atoms with Crippen molar-refractivity contribution in [1.82, 2.24) is 0 Å². The van der Waals surface area contributed by atoms with Crippen molar-refractivity contribution in [2.75, 3.05) is 0 Å². The van der Waals surface area contributed by atoms with E-state index in [1.807, 2.05) is 0 Å². The van der Waals surface area contributed by atoms with Gasteiger partial charge in [0.15, 0.2) is 0 Å². The fraction of sp³-hybridized carbons (Fsp3) is 0.800. The first-order chi connectivity index (χ1) is 4.81. The fourth-order valence-electron chi connectivity index (χ4n) is 0.311. The molecular weight excluding hydrogens is 197 g/mol. The summed E-state index contributed by atoms with van der Waals surface area (Å²) in [6.07, 6.45) is -0.308. The summed E-state index contributed by atoms with van der Waals surface area (Å²) in [5.74, 6) is 0. The quantitative estimate of drug-likeness (QED) is 0.608. The molecule has 0 saturated carbocycles. The Labute approximate surface area is 72.3 Å². The minimum absolute atomic E-state index is 0.308. The number of alkyl halides is 3. The molecule has 0 N–H and O–H groups in total. The summed E-state index contributed by atoms with van der Waals surface area (Å²) >= 11 is 3.89. The third-order valence-corrected chi connectivity index (χ3v) is 1.37. The van der Waals surface area contributed by atoms with E-state index in [1.165, 1.54) is 0 Å². The topological polar surface area (TPSA) is 9.23 Å². The molecule has 0 aromatic heterocycles. The minimum Gasteiger partial charge on any atom is -0.476 e. The molecule has 0 atom stereocenters. The standard InChI is InChI=1S/C5H7F3OS2/c1-3(2)9-4(10)11-5(6,7)8/h3H,1-2H3. The molecule has 0 rings (SSSR count). The second-order valence-corrected chi connectivity index (χ2v) is 3.63. The Morgan fingerprint density at radius 2 is 1.91 bits per heavy atom. The second kappa shape index (κ2) is 4.15. The zero-order chi connectivity index (χ0) is 9.07. The molecule has 0 aromatic rings. The van der Waals surface area contributed by atoms with Gasteiger partial charge in [0.1, 0.15) is 0 Å². The summed E-state index contributed by atoms with van der Waals surface area (Å²) in [5.41, 5.74) is -4.34. The van der Waals surface area contributed by atoms with Gasteiger partial charge >= 0.3 is 5.51 Å². The van der Waals surface area contributed by atoms with Gasteiger partial charge < -0.3 is 4.74 Å². The molecule has 0 heterocycles. The van der Waals surface area contributed by atoms with E-state index in [9.17, 15) is 13.2 Å². The molecule has 0 aliphatic carbocycles. The number of ether oxygens (including phenoxy) is 1. The average Bonchev–Trinajstić information content (AvgIpc) is 1.53. The van der Waals surface area contributed by atoms with Gasteiger partial charge in [-0.25, -0.2) is 0 Å². The molecule has 0 spiro atoms. The summed E-state index contributed by atoms with van der Waals surface area (Å²) in [6, 6.07) is 0. The summed E-state index contributed by atoms with van der Waals surface area (Å²) < 4.78 is 38.8. The van der Waals surface area contributed by atoms with Crippen molar-refractivity contribution in [2.24, 2.45) is 0 Å². The first-order valence-electron chi connectivity index (χ1n) is 2.77. The average molecular weight is 204 g/mol. The largest absolute Gasteiger partial charge is 0.476 e. The Kier molecular flexibility index (Phi) is 4.17. The number of hydrogen-bond donors (Lipinski definition) is 0. The predicted molar refractivity (Wildman–Crippen MR) is 42.5 cm³/mol. The van der Waals surface area contributed by atoms with E-state index in [-0.39, 0.29) is 6.10 Å². The molecule has 0 aliphatic rings. The molecule has 0 aliphatic heterocycles. The summed E-state index contributed by atoms with van der Waals surface area (Å²) in [4.78, 5) is 0. The Balaban J connectivity index is 3.71. The predicted octanol–water partition coefficient (Wildman–Crippen LogP) is 2.95. The van der Waals surface area contributed by atoms with E-state index >= 15 is 0 Å². The highest BCUT2D eigenvalue weighted by atomic mass is 32.2. The van der Waals surface area contributed by atoms with Crippen LogP contribution in [0, 0.1) is 0 Å². The van der Waals surface area contributed by atoms with Crippen LogP contribution in [0.3, 0.4) is 0 Å². The third kappa shape index (κ3) is 7.93. The maximum Gasteiger partial charge on any atom is 0.450 e. The van der Waals surface area contributed by atoms with Crippen LogP contribution in [0.15, 0.2) is 0 Å². The van der Waals surface area contributed by atoms with Crippen molar-refractivity contribution >= 4 is 28.4 Å². The van der Waals surface area contributed by atoms with Crippen molar-refractivity contribution in [3.8, 4) is 0 Å². The highest BCUT2D eigenvalue weighted by Crippen LogP contribution is 2.31. The molecule has 0 radical (unpaired) electrons. The maximum atomic E-state index is 11.6. The normalized spacial score (nSPS) is 11.8. The number of thioether (sulfide) groups is 1. The number of thiocarbonyl (C=S) groups is 1. The van der Waals surface area contributed by atoms with Gasteiger partial charge in [-0.15, -0.1) is 0 Å². The van der Waals surface area contributed by atoms with E-state index in [4.69, 9.17) is 0 Å². The van der Waals surface area contributed by atoms with Crippen LogP contribution < -0.4 is 0 Å². The molecule has 0 aromatic carbocycles. The van der Waals surface area contributed by atoms with Crippen molar-refractivity contribution in [3.63, 3.8) is 0 Å². The van der Waals surface area contributed by atoms with Crippen LogP contribution in [0.1, 0.15) is 13.8 Å². The third-order valence-electron chi connectivity index (χ3n) is 0.531. The molecule has 66 valence electrons. The zero-order valence-electron chi connectivity index (χ0n) is 5.94. The molecule has 0 bridgehead atoms. The molecule has 11 heavy (non-hydrogen) atoms. The molecular formula is C5H7F3OS2. The van der Waals surface area contributed by atoms with Gasteiger partial charge in [0.05, 0.1) is 6.10 Å². The zero-order valence-corrected chi connectivity index (χ0v) is 7.57. The van der Waals surface area contributed by atoms with E-state index in [0.717, 1.165) is 0 Å². The first kappa shape index (κ1) is 11.0. The molecule has 0 amide bonds. The Bertz CT molecular complexity index is 143. The Morgan fingerprint density at radius 1 is 1.45 bits per heavy atom. The van der Waals surface area contributed by atoms with Gasteiger partial charge in [-0.2, -0.15) is 13.2 Å². The summed E-state index contributed by atoms with van der Waals surface area (Å²) in [6.45, 7) is 3.23. The highest BCUT2D eigenvalue weighted by Gasteiger charge is 2.31. The molecule has 6 heteroatoms.